The van der Waals surface area contributed by atoms with Crippen LogP contribution in [-0.4, -0.2) is 87.3 Å². The first kappa shape index (κ1) is 33.4. The van der Waals surface area contributed by atoms with E-state index < -0.39 is 54.5 Å². The number of rotatable bonds is 16. The Bertz CT molecular complexity index is 1470. The van der Waals surface area contributed by atoms with Gasteiger partial charge in [0.25, 0.3) is 0 Å². The van der Waals surface area contributed by atoms with Crippen LogP contribution in [0.5, 0.6) is 5.75 Å². The number of nitrogens with two attached hydrogens (primary N) is 3. The van der Waals surface area contributed by atoms with Crippen LogP contribution in [-0.2, 0) is 32.0 Å². The number of carboxylic acids is 1. The summed E-state index contributed by atoms with van der Waals surface area (Å²) >= 11 is 0. The van der Waals surface area contributed by atoms with Crippen molar-refractivity contribution in [1.29, 1.82) is 0 Å². The number of aromatic amines is 1. The smallest absolute Gasteiger partial charge is 0.328 e. The fraction of sp³-hybridized carbons (Fsp3) is 0.345. The molecule has 1 aromatic heterocycles. The number of para-hydroxylation sites is 1. The minimum absolute atomic E-state index is 0.0162. The number of carbonyl (C=O) groups excluding carboxylic acids is 3. The Labute approximate surface area is 252 Å². The number of guanidine groups is 1. The molecule has 4 unspecified atom stereocenters. The first-order valence-corrected chi connectivity index (χ1v) is 13.9. The molecule has 3 rings (SSSR count). The molecule has 0 saturated heterocycles. The number of nitrogens with one attached hydrogen (secondary N) is 4. The molecule has 44 heavy (non-hydrogen) atoms. The molecule has 0 fully saturated rings. The van der Waals surface area contributed by atoms with E-state index in [0.717, 1.165) is 16.5 Å². The highest BCUT2D eigenvalue weighted by Crippen LogP contribution is 2.19. The molecule has 236 valence electrons. The zero-order valence-corrected chi connectivity index (χ0v) is 23.9. The Morgan fingerprint density at radius 1 is 0.864 bits per heavy atom. The summed E-state index contributed by atoms with van der Waals surface area (Å²) in [6.07, 6.45) is 2.22. The molecule has 0 spiro atoms. The van der Waals surface area contributed by atoms with E-state index in [1.807, 2.05) is 24.3 Å². The molecule has 4 atom stereocenters. The number of H-pyrrole nitrogens is 1. The van der Waals surface area contributed by atoms with Crippen LogP contribution in [0.4, 0.5) is 0 Å². The number of phenols is 1. The predicted octanol–water partition coefficient (Wildman–Crippen LogP) is -1.43. The van der Waals surface area contributed by atoms with Crippen LogP contribution >= 0.6 is 0 Å². The zero-order valence-electron chi connectivity index (χ0n) is 23.9. The molecule has 1 heterocycles. The maximum atomic E-state index is 13.5. The second-order valence-electron chi connectivity index (χ2n) is 10.2. The molecule has 0 aliphatic heterocycles. The molecular formula is C29H38N8O7. The van der Waals surface area contributed by atoms with E-state index >= 15 is 0 Å². The summed E-state index contributed by atoms with van der Waals surface area (Å²) in [6, 6.07) is 8.28. The number of aliphatic hydroxyl groups is 1. The monoisotopic (exact) mass is 610 g/mol. The van der Waals surface area contributed by atoms with Gasteiger partial charge in [-0.05, 0) is 48.6 Å². The SMILES string of the molecule is NC(N)=NCCCC(NC(=O)C(N)Cc1c[nH]c2ccccc12)C(=O)NC(Cc1ccc(O)cc1)C(=O)NC(CO)C(=O)O. The highest BCUT2D eigenvalue weighted by molar-refractivity contribution is 5.94. The number of benzene rings is 2. The van der Waals surface area contributed by atoms with Gasteiger partial charge in [0.15, 0.2) is 5.96 Å². The van der Waals surface area contributed by atoms with Crippen molar-refractivity contribution in [2.45, 2.75) is 49.9 Å². The van der Waals surface area contributed by atoms with Crippen LogP contribution < -0.4 is 33.2 Å². The third kappa shape index (κ3) is 9.71. The highest BCUT2D eigenvalue weighted by atomic mass is 16.4. The molecule has 13 N–H and O–H groups in total. The van der Waals surface area contributed by atoms with Gasteiger partial charge in [0.05, 0.1) is 12.6 Å². The van der Waals surface area contributed by atoms with Crippen molar-refractivity contribution in [2.24, 2.45) is 22.2 Å². The number of hydrogen-bond donors (Lipinski definition) is 10. The summed E-state index contributed by atoms with van der Waals surface area (Å²) in [5.74, 6) is -3.85. The van der Waals surface area contributed by atoms with Crippen LogP contribution in [0.3, 0.4) is 0 Å². The lowest BCUT2D eigenvalue weighted by molar-refractivity contribution is -0.143. The van der Waals surface area contributed by atoms with Crippen LogP contribution in [0.25, 0.3) is 10.9 Å². The van der Waals surface area contributed by atoms with Crippen LogP contribution in [0.1, 0.15) is 24.0 Å². The van der Waals surface area contributed by atoms with E-state index in [1.54, 1.807) is 6.20 Å². The Balaban J connectivity index is 1.78. The van der Waals surface area contributed by atoms with Crippen LogP contribution in [0.2, 0.25) is 0 Å². The molecule has 0 saturated carbocycles. The first-order chi connectivity index (χ1) is 21.0. The number of fused-ring (bicyclic) bond motifs is 1. The molecular weight excluding hydrogens is 572 g/mol. The van der Waals surface area contributed by atoms with Crippen molar-refractivity contribution in [3.05, 3.63) is 65.9 Å². The van der Waals surface area contributed by atoms with Gasteiger partial charge in [0, 0.05) is 30.1 Å². The third-order valence-corrected chi connectivity index (χ3v) is 6.84. The van der Waals surface area contributed by atoms with Crippen LogP contribution in [0.15, 0.2) is 59.7 Å². The summed E-state index contributed by atoms with van der Waals surface area (Å²) in [4.78, 5) is 58.2. The van der Waals surface area contributed by atoms with Crippen molar-refractivity contribution in [3.8, 4) is 5.75 Å². The third-order valence-electron chi connectivity index (χ3n) is 6.84. The molecule has 3 amide bonds. The topological polar surface area (TPSA) is 271 Å². The number of aliphatic imine (C=N–C) groups is 1. The number of hydrogen-bond acceptors (Lipinski definition) is 8. The first-order valence-electron chi connectivity index (χ1n) is 13.9. The molecule has 0 bridgehead atoms. The molecule has 15 nitrogen and oxygen atoms in total. The van der Waals surface area contributed by atoms with E-state index in [4.69, 9.17) is 17.2 Å². The van der Waals surface area contributed by atoms with Gasteiger partial charge in [0.1, 0.15) is 23.9 Å². The zero-order chi connectivity index (χ0) is 32.2. The Morgan fingerprint density at radius 3 is 2.16 bits per heavy atom. The number of aliphatic hydroxyl groups excluding tert-OH is 1. The average Bonchev–Trinajstić information content (AvgIpc) is 3.40. The van der Waals surface area contributed by atoms with E-state index in [0.29, 0.717) is 5.56 Å². The van der Waals surface area contributed by atoms with Crippen molar-refractivity contribution < 1.29 is 34.5 Å². The fourth-order valence-corrected chi connectivity index (χ4v) is 4.49. The standard InChI is InChI=1S/C29H38N8O7/c30-20(13-17-14-34-21-5-2-1-4-19(17)21)25(40)35-22(6-3-11-33-29(31)32)26(41)36-23(12-16-7-9-18(39)10-8-16)27(42)37-24(15-38)28(43)44/h1-2,4-5,7-10,14,20,22-24,34,38-39H,3,6,11-13,15,30H2,(H,35,40)(H,36,41)(H,37,42)(H,43,44)(H4,31,32,33). The number of nitrogens with zero attached hydrogens (tertiary/aromatic N) is 1. The summed E-state index contributed by atoms with van der Waals surface area (Å²) in [7, 11) is 0. The van der Waals surface area contributed by atoms with E-state index in [1.165, 1.54) is 24.3 Å². The number of phenolic OH excluding ortho intramolecular Hbond substituents is 1. The minimum atomic E-state index is -1.61. The largest absolute Gasteiger partial charge is 0.508 e. The molecule has 0 aliphatic rings. The van der Waals surface area contributed by atoms with E-state index in [9.17, 15) is 34.5 Å². The lowest BCUT2D eigenvalue weighted by Gasteiger charge is -2.25. The van der Waals surface area contributed by atoms with E-state index in [2.05, 4.69) is 25.9 Å². The second kappa shape index (κ2) is 15.9. The maximum absolute atomic E-state index is 13.5. The summed E-state index contributed by atoms with van der Waals surface area (Å²) < 4.78 is 0. The summed E-state index contributed by atoms with van der Waals surface area (Å²) in [5.41, 5.74) is 19.2. The van der Waals surface area contributed by atoms with Crippen molar-refractivity contribution in [1.82, 2.24) is 20.9 Å². The average molecular weight is 611 g/mol. The quantitative estimate of drug-likeness (QED) is 0.0513. The number of carbonyl (C=O) groups is 4. The van der Waals surface area contributed by atoms with Crippen molar-refractivity contribution in [2.75, 3.05) is 13.2 Å². The fourth-order valence-electron chi connectivity index (χ4n) is 4.49. The lowest BCUT2D eigenvalue weighted by Crippen LogP contribution is -2.58. The van der Waals surface area contributed by atoms with Gasteiger partial charge >= 0.3 is 5.97 Å². The maximum Gasteiger partial charge on any atom is 0.328 e. The van der Waals surface area contributed by atoms with Gasteiger partial charge in [-0.3, -0.25) is 19.4 Å². The highest BCUT2D eigenvalue weighted by Gasteiger charge is 2.30. The number of aromatic nitrogens is 1. The Hall–Kier alpha value is -5.15. The Kier molecular flexibility index (Phi) is 12.1. The van der Waals surface area contributed by atoms with Gasteiger partial charge in [0.2, 0.25) is 17.7 Å². The van der Waals surface area contributed by atoms with Gasteiger partial charge in [-0.2, -0.15) is 0 Å². The number of carboxylic acid groups (broad SMARTS) is 1. The minimum Gasteiger partial charge on any atom is -0.508 e. The van der Waals surface area contributed by atoms with Gasteiger partial charge in [-0.25, -0.2) is 4.79 Å². The van der Waals surface area contributed by atoms with Crippen molar-refractivity contribution in [3.63, 3.8) is 0 Å². The second-order valence-corrected chi connectivity index (χ2v) is 10.2. The van der Waals surface area contributed by atoms with Gasteiger partial charge in [-0.15, -0.1) is 0 Å². The number of aliphatic carboxylic acids is 1. The molecule has 3 aromatic rings. The van der Waals surface area contributed by atoms with Gasteiger partial charge < -0.3 is 53.5 Å². The lowest BCUT2D eigenvalue weighted by atomic mass is 10.0. The number of aromatic hydroxyl groups is 1. The molecule has 15 heteroatoms. The van der Waals surface area contributed by atoms with Crippen molar-refractivity contribution >= 4 is 40.6 Å². The molecule has 2 aromatic carbocycles. The predicted molar refractivity (Wildman–Crippen MR) is 162 cm³/mol. The summed E-state index contributed by atoms with van der Waals surface area (Å²) in [5, 5.41) is 36.6. The summed E-state index contributed by atoms with van der Waals surface area (Å²) in [6.45, 7) is -0.712. The van der Waals surface area contributed by atoms with E-state index in [-0.39, 0.29) is 43.9 Å². The normalized spacial score (nSPS) is 13.7. The Morgan fingerprint density at radius 2 is 1.50 bits per heavy atom. The molecule has 0 radical (unpaired) electrons. The number of amides is 3. The van der Waals surface area contributed by atoms with Crippen LogP contribution in [0, 0.1) is 0 Å². The van der Waals surface area contributed by atoms with Gasteiger partial charge in [-0.1, -0.05) is 30.3 Å². The molecule has 0 aliphatic carbocycles.